The third-order valence-electron chi connectivity index (χ3n) is 4.58. The Morgan fingerprint density at radius 1 is 1.33 bits per heavy atom. The molecule has 3 rings (SSSR count). The molecule has 1 aliphatic rings. The van der Waals surface area contributed by atoms with Crippen molar-refractivity contribution in [2.75, 3.05) is 13.1 Å². The molecule has 9 heteroatoms. The molecule has 0 aliphatic carbocycles. The number of carbonyl (C=O) groups is 1. The van der Waals surface area contributed by atoms with E-state index in [1.54, 1.807) is 13.8 Å². The molecule has 1 aromatic heterocycles. The SMILES string of the molecule is Cc1noc(C)c1S(=O)(=O)N1CCCC(C(=O)NOCc2ccccc2)C1. The van der Waals surface area contributed by atoms with E-state index in [9.17, 15) is 13.2 Å². The van der Waals surface area contributed by atoms with Gasteiger partial charge >= 0.3 is 0 Å². The van der Waals surface area contributed by atoms with E-state index >= 15 is 0 Å². The van der Waals surface area contributed by atoms with Crippen LogP contribution in [0.25, 0.3) is 0 Å². The first-order chi connectivity index (χ1) is 12.9. The Labute approximate surface area is 158 Å². The lowest BCUT2D eigenvalue weighted by Gasteiger charge is -2.30. The molecule has 0 bridgehead atoms. The summed E-state index contributed by atoms with van der Waals surface area (Å²) in [5.41, 5.74) is 3.70. The van der Waals surface area contributed by atoms with Crippen LogP contribution >= 0.6 is 0 Å². The Kier molecular flexibility index (Phi) is 5.93. The second kappa shape index (κ2) is 8.20. The number of nitrogens with one attached hydrogen (secondary N) is 1. The first-order valence-electron chi connectivity index (χ1n) is 8.78. The van der Waals surface area contributed by atoms with E-state index in [1.165, 1.54) is 4.31 Å². The normalized spacial score (nSPS) is 18.4. The maximum Gasteiger partial charge on any atom is 0.248 e. The largest absolute Gasteiger partial charge is 0.360 e. The number of sulfonamides is 1. The average Bonchev–Trinajstić information content (AvgIpc) is 3.01. The predicted molar refractivity (Wildman–Crippen MR) is 96.8 cm³/mol. The molecule has 1 atom stereocenters. The van der Waals surface area contributed by atoms with Crippen LogP contribution in [0.1, 0.15) is 29.9 Å². The maximum atomic E-state index is 12.9. The van der Waals surface area contributed by atoms with Gasteiger partial charge < -0.3 is 4.52 Å². The topological polar surface area (TPSA) is 102 Å². The summed E-state index contributed by atoms with van der Waals surface area (Å²) < 4.78 is 32.2. The van der Waals surface area contributed by atoms with E-state index in [0.29, 0.717) is 25.1 Å². The molecule has 1 amide bonds. The monoisotopic (exact) mass is 393 g/mol. The molecule has 1 unspecified atom stereocenters. The van der Waals surface area contributed by atoms with Gasteiger partial charge in [0.2, 0.25) is 15.9 Å². The minimum Gasteiger partial charge on any atom is -0.360 e. The second-order valence-electron chi connectivity index (χ2n) is 6.60. The molecule has 27 heavy (non-hydrogen) atoms. The molecule has 1 fully saturated rings. The average molecular weight is 393 g/mol. The highest BCUT2D eigenvalue weighted by atomic mass is 32.2. The molecule has 146 valence electrons. The molecule has 1 aliphatic heterocycles. The maximum absolute atomic E-state index is 12.9. The number of nitrogens with zero attached hydrogens (tertiary/aromatic N) is 2. The van der Waals surface area contributed by atoms with E-state index in [2.05, 4.69) is 10.6 Å². The number of piperidine rings is 1. The third kappa shape index (κ3) is 4.37. The molecule has 0 saturated carbocycles. The number of aromatic nitrogens is 1. The number of carbonyl (C=O) groups excluding carboxylic acids is 1. The van der Waals surface area contributed by atoms with Crippen LogP contribution in [0.5, 0.6) is 0 Å². The lowest BCUT2D eigenvalue weighted by atomic mass is 9.99. The summed E-state index contributed by atoms with van der Waals surface area (Å²) in [6.07, 6.45) is 1.20. The summed E-state index contributed by atoms with van der Waals surface area (Å²) in [4.78, 5) is 17.8. The van der Waals surface area contributed by atoms with Gasteiger partial charge in [-0.2, -0.15) is 4.31 Å². The summed E-state index contributed by atoms with van der Waals surface area (Å²) in [7, 11) is -3.75. The third-order valence-corrected chi connectivity index (χ3v) is 6.69. The number of benzene rings is 1. The van der Waals surface area contributed by atoms with Gasteiger partial charge in [0.1, 0.15) is 10.6 Å². The summed E-state index contributed by atoms with van der Waals surface area (Å²) in [6, 6.07) is 9.46. The molecule has 1 aromatic carbocycles. The highest BCUT2D eigenvalue weighted by Crippen LogP contribution is 2.27. The predicted octanol–water partition coefficient (Wildman–Crippen LogP) is 1.94. The van der Waals surface area contributed by atoms with Crippen molar-refractivity contribution in [3.05, 3.63) is 47.3 Å². The van der Waals surface area contributed by atoms with Crippen LogP contribution in [0.15, 0.2) is 39.8 Å². The van der Waals surface area contributed by atoms with Gasteiger partial charge in [0.15, 0.2) is 5.76 Å². The van der Waals surface area contributed by atoms with Crippen LogP contribution in [-0.2, 0) is 26.3 Å². The van der Waals surface area contributed by atoms with Crippen molar-refractivity contribution in [2.24, 2.45) is 5.92 Å². The highest BCUT2D eigenvalue weighted by Gasteiger charge is 2.36. The van der Waals surface area contributed by atoms with Crippen LogP contribution in [0, 0.1) is 19.8 Å². The number of hydrogen-bond donors (Lipinski definition) is 1. The standard InChI is InChI=1S/C18H23N3O5S/c1-13-17(14(2)26-19-13)27(23,24)21-10-6-9-16(11-21)18(22)20-25-12-15-7-4-3-5-8-15/h3-5,7-8,16H,6,9-12H2,1-2H3,(H,20,22). The molecule has 0 radical (unpaired) electrons. The molecular formula is C18H23N3O5S. The highest BCUT2D eigenvalue weighted by molar-refractivity contribution is 7.89. The van der Waals surface area contributed by atoms with Gasteiger partial charge in [-0.15, -0.1) is 0 Å². The molecule has 2 aromatic rings. The van der Waals surface area contributed by atoms with Crippen molar-refractivity contribution in [1.29, 1.82) is 0 Å². The van der Waals surface area contributed by atoms with Gasteiger partial charge in [-0.25, -0.2) is 13.9 Å². The minimum absolute atomic E-state index is 0.0869. The Hall–Kier alpha value is -2.23. The van der Waals surface area contributed by atoms with Crippen molar-refractivity contribution in [2.45, 2.75) is 38.2 Å². The van der Waals surface area contributed by atoms with E-state index < -0.39 is 15.9 Å². The number of aryl methyl sites for hydroxylation is 2. The number of amides is 1. The molecule has 8 nitrogen and oxygen atoms in total. The first-order valence-corrected chi connectivity index (χ1v) is 10.2. The van der Waals surface area contributed by atoms with E-state index in [4.69, 9.17) is 9.36 Å². The lowest BCUT2D eigenvalue weighted by molar-refractivity contribution is -0.140. The van der Waals surface area contributed by atoms with Crippen LogP contribution in [-0.4, -0.2) is 36.9 Å². The zero-order valence-corrected chi connectivity index (χ0v) is 16.2. The van der Waals surface area contributed by atoms with E-state index in [1.807, 2.05) is 30.3 Å². The molecule has 0 spiro atoms. The Morgan fingerprint density at radius 2 is 2.07 bits per heavy atom. The lowest BCUT2D eigenvalue weighted by Crippen LogP contribution is -2.45. The molecule has 1 saturated heterocycles. The summed E-state index contributed by atoms with van der Waals surface area (Å²) in [5.74, 6) is -0.528. The van der Waals surface area contributed by atoms with Gasteiger partial charge in [-0.1, -0.05) is 35.5 Å². The van der Waals surface area contributed by atoms with Crippen molar-refractivity contribution in [3.8, 4) is 0 Å². The van der Waals surface area contributed by atoms with Crippen LogP contribution < -0.4 is 5.48 Å². The van der Waals surface area contributed by atoms with Gasteiger partial charge in [0.25, 0.3) is 0 Å². The van der Waals surface area contributed by atoms with Crippen LogP contribution in [0.4, 0.5) is 0 Å². The van der Waals surface area contributed by atoms with Crippen molar-refractivity contribution in [3.63, 3.8) is 0 Å². The zero-order valence-electron chi connectivity index (χ0n) is 15.3. The van der Waals surface area contributed by atoms with Gasteiger partial charge in [-0.05, 0) is 32.3 Å². The van der Waals surface area contributed by atoms with Gasteiger partial charge in [0.05, 0.1) is 12.5 Å². The Morgan fingerprint density at radius 3 is 2.74 bits per heavy atom. The fourth-order valence-corrected chi connectivity index (χ4v) is 5.01. The molecule has 2 heterocycles. The number of hydrogen-bond acceptors (Lipinski definition) is 6. The van der Waals surface area contributed by atoms with E-state index in [-0.39, 0.29) is 29.7 Å². The van der Waals surface area contributed by atoms with E-state index in [0.717, 1.165) is 5.56 Å². The Bertz CT molecular complexity index is 875. The quantitative estimate of drug-likeness (QED) is 0.753. The zero-order chi connectivity index (χ0) is 19.4. The van der Waals surface area contributed by atoms with Gasteiger partial charge in [0, 0.05) is 13.1 Å². The minimum atomic E-state index is -3.75. The number of rotatable bonds is 6. The summed E-state index contributed by atoms with van der Waals surface area (Å²) in [6.45, 7) is 3.88. The summed E-state index contributed by atoms with van der Waals surface area (Å²) >= 11 is 0. The summed E-state index contributed by atoms with van der Waals surface area (Å²) in [5, 5.41) is 3.72. The first kappa shape index (κ1) is 19.5. The van der Waals surface area contributed by atoms with Crippen LogP contribution in [0.3, 0.4) is 0 Å². The smallest absolute Gasteiger partial charge is 0.248 e. The Balaban J connectivity index is 1.61. The van der Waals surface area contributed by atoms with Crippen LogP contribution in [0.2, 0.25) is 0 Å². The second-order valence-corrected chi connectivity index (χ2v) is 8.47. The van der Waals surface area contributed by atoms with Crippen molar-refractivity contribution in [1.82, 2.24) is 14.9 Å². The molecule has 1 N–H and O–H groups in total. The van der Waals surface area contributed by atoms with Gasteiger partial charge in [-0.3, -0.25) is 9.63 Å². The fraction of sp³-hybridized carbons (Fsp3) is 0.444. The molecular weight excluding hydrogens is 370 g/mol. The fourth-order valence-electron chi connectivity index (χ4n) is 3.19. The van der Waals surface area contributed by atoms with Crippen molar-refractivity contribution < 1.29 is 22.6 Å². The van der Waals surface area contributed by atoms with Crippen molar-refractivity contribution >= 4 is 15.9 Å². The number of hydroxylamine groups is 1.